The summed E-state index contributed by atoms with van der Waals surface area (Å²) >= 11 is 6.21. The number of nitrogens with zero attached hydrogens (tertiary/aromatic N) is 2. The molecular weight excluding hydrogens is 400 g/mol. The maximum atomic E-state index is 12.7. The van der Waals surface area contributed by atoms with Crippen molar-refractivity contribution in [2.75, 3.05) is 13.1 Å². The van der Waals surface area contributed by atoms with Crippen LogP contribution in [0.3, 0.4) is 0 Å². The number of carbonyl (C=O) groups is 1. The molecule has 0 bridgehead atoms. The van der Waals surface area contributed by atoms with Gasteiger partial charge in [0.2, 0.25) is 10.0 Å². The topological polar surface area (TPSA) is 68.6 Å². The van der Waals surface area contributed by atoms with E-state index < -0.39 is 16.0 Å². The summed E-state index contributed by atoms with van der Waals surface area (Å²) in [6, 6.07) is 12.0. The van der Waals surface area contributed by atoms with E-state index in [9.17, 15) is 13.2 Å². The van der Waals surface area contributed by atoms with E-state index in [4.69, 9.17) is 16.3 Å². The Balaban J connectivity index is 1.65. The minimum atomic E-state index is -3.60. The Labute approximate surface area is 168 Å². The fourth-order valence-corrected chi connectivity index (χ4v) is 5.25. The highest BCUT2D eigenvalue weighted by Crippen LogP contribution is 2.32. The molecule has 0 radical (unpaired) electrons. The lowest BCUT2D eigenvalue weighted by Gasteiger charge is -2.13. The van der Waals surface area contributed by atoms with E-state index >= 15 is 0 Å². The van der Waals surface area contributed by atoms with Crippen molar-refractivity contribution in [3.05, 3.63) is 59.4 Å². The third-order valence-corrected chi connectivity index (χ3v) is 7.12. The average Bonchev–Trinajstić information content (AvgIpc) is 3.35. The van der Waals surface area contributed by atoms with Gasteiger partial charge in [-0.25, -0.2) is 13.2 Å². The molecule has 0 saturated carbocycles. The maximum absolute atomic E-state index is 12.7. The second-order valence-electron chi connectivity index (χ2n) is 6.76. The molecule has 0 amide bonds. The zero-order valence-corrected chi connectivity index (χ0v) is 16.8. The first-order valence-corrected chi connectivity index (χ1v) is 10.8. The molecule has 8 heteroatoms. The van der Waals surface area contributed by atoms with Crippen molar-refractivity contribution in [3.63, 3.8) is 0 Å². The molecule has 0 N–H and O–H groups in total. The van der Waals surface area contributed by atoms with Crippen molar-refractivity contribution in [1.29, 1.82) is 0 Å². The van der Waals surface area contributed by atoms with Crippen molar-refractivity contribution < 1.29 is 17.9 Å². The van der Waals surface area contributed by atoms with Crippen LogP contribution in [0.25, 0.3) is 10.8 Å². The molecule has 1 aromatic heterocycles. The van der Waals surface area contributed by atoms with Gasteiger partial charge in [0, 0.05) is 42.1 Å². The van der Waals surface area contributed by atoms with Crippen molar-refractivity contribution in [1.82, 2.24) is 8.87 Å². The molecule has 1 aliphatic rings. The van der Waals surface area contributed by atoms with E-state index in [2.05, 4.69) is 0 Å². The first kappa shape index (κ1) is 19.0. The Kier molecular flexibility index (Phi) is 4.91. The van der Waals surface area contributed by atoms with Gasteiger partial charge in [0.05, 0.1) is 0 Å². The van der Waals surface area contributed by atoms with E-state index in [1.165, 1.54) is 21.1 Å². The van der Waals surface area contributed by atoms with E-state index in [-0.39, 0.29) is 10.6 Å². The zero-order chi connectivity index (χ0) is 19.9. The summed E-state index contributed by atoms with van der Waals surface area (Å²) in [7, 11) is -1.98. The predicted molar refractivity (Wildman–Crippen MR) is 107 cm³/mol. The summed E-state index contributed by atoms with van der Waals surface area (Å²) in [6.07, 6.45) is 3.15. The fourth-order valence-electron chi connectivity index (χ4n) is 3.43. The summed E-state index contributed by atoms with van der Waals surface area (Å²) in [5.74, 6) is -0.256. The molecule has 2 heterocycles. The van der Waals surface area contributed by atoms with Crippen LogP contribution in [-0.2, 0) is 17.1 Å². The molecule has 0 spiro atoms. The van der Waals surface area contributed by atoms with Gasteiger partial charge >= 0.3 is 5.97 Å². The Morgan fingerprint density at radius 2 is 1.75 bits per heavy atom. The van der Waals surface area contributed by atoms with Gasteiger partial charge in [0.1, 0.15) is 16.3 Å². The number of halogens is 1. The number of rotatable bonds is 4. The molecule has 0 aliphatic carbocycles. The third kappa shape index (κ3) is 3.30. The number of carbonyl (C=O) groups excluding carboxylic acids is 1. The van der Waals surface area contributed by atoms with Crippen LogP contribution in [0.4, 0.5) is 0 Å². The van der Waals surface area contributed by atoms with Crippen molar-refractivity contribution in [2.24, 2.45) is 7.05 Å². The van der Waals surface area contributed by atoms with Crippen LogP contribution in [-0.4, -0.2) is 36.3 Å². The monoisotopic (exact) mass is 418 g/mol. The minimum absolute atomic E-state index is 0.102. The van der Waals surface area contributed by atoms with E-state index in [1.807, 2.05) is 24.3 Å². The SMILES string of the molecule is Cn1cc(S(=O)(=O)N2CCCC2)cc1C(=O)Oc1ccc(Cl)c2ccccc12. The highest BCUT2D eigenvalue weighted by molar-refractivity contribution is 7.89. The van der Waals surface area contributed by atoms with Crippen LogP contribution in [0.1, 0.15) is 23.3 Å². The quantitative estimate of drug-likeness (QED) is 0.477. The largest absolute Gasteiger partial charge is 0.421 e. The molecule has 1 saturated heterocycles. The van der Waals surface area contributed by atoms with Crippen LogP contribution in [0, 0.1) is 0 Å². The van der Waals surface area contributed by atoms with Crippen LogP contribution in [0.15, 0.2) is 53.6 Å². The molecule has 1 fully saturated rings. The molecule has 146 valence electrons. The van der Waals surface area contributed by atoms with Gasteiger partial charge in [-0.15, -0.1) is 0 Å². The molecule has 1 aliphatic heterocycles. The Morgan fingerprint density at radius 3 is 2.46 bits per heavy atom. The lowest BCUT2D eigenvalue weighted by Crippen LogP contribution is -2.27. The number of sulfonamides is 1. The maximum Gasteiger partial charge on any atom is 0.360 e. The number of hydrogen-bond donors (Lipinski definition) is 0. The zero-order valence-electron chi connectivity index (χ0n) is 15.3. The number of hydrogen-bond acceptors (Lipinski definition) is 4. The number of ether oxygens (including phenoxy) is 1. The number of esters is 1. The summed E-state index contributed by atoms with van der Waals surface area (Å²) in [6.45, 7) is 1.02. The second-order valence-corrected chi connectivity index (χ2v) is 9.11. The molecule has 2 aromatic carbocycles. The van der Waals surface area contributed by atoms with Gasteiger partial charge in [0.15, 0.2) is 0 Å². The van der Waals surface area contributed by atoms with Crippen molar-refractivity contribution in [3.8, 4) is 5.75 Å². The van der Waals surface area contributed by atoms with E-state index in [1.54, 1.807) is 19.2 Å². The van der Waals surface area contributed by atoms with Crippen LogP contribution in [0.2, 0.25) is 5.02 Å². The second kappa shape index (κ2) is 7.24. The van der Waals surface area contributed by atoms with Gasteiger partial charge in [0.25, 0.3) is 0 Å². The van der Waals surface area contributed by atoms with Crippen molar-refractivity contribution >= 4 is 38.4 Å². The highest BCUT2D eigenvalue weighted by Gasteiger charge is 2.30. The third-order valence-electron chi connectivity index (χ3n) is 4.93. The first-order valence-electron chi connectivity index (χ1n) is 8.94. The fraction of sp³-hybridized carbons (Fsp3) is 0.250. The van der Waals surface area contributed by atoms with Gasteiger partial charge in [-0.2, -0.15) is 4.31 Å². The number of aromatic nitrogens is 1. The van der Waals surface area contributed by atoms with Crippen molar-refractivity contribution in [2.45, 2.75) is 17.7 Å². The average molecular weight is 419 g/mol. The number of benzene rings is 2. The molecule has 0 unspecified atom stereocenters. The number of fused-ring (bicyclic) bond motifs is 1. The number of aryl methyl sites for hydroxylation is 1. The Morgan fingerprint density at radius 1 is 1.07 bits per heavy atom. The molecular formula is C20H19ClN2O4S. The lowest BCUT2D eigenvalue weighted by atomic mass is 10.1. The van der Waals surface area contributed by atoms with Crippen LogP contribution < -0.4 is 4.74 Å². The normalized spacial score (nSPS) is 15.2. The smallest absolute Gasteiger partial charge is 0.360 e. The molecule has 0 atom stereocenters. The highest BCUT2D eigenvalue weighted by atomic mass is 35.5. The van der Waals surface area contributed by atoms with Gasteiger partial charge in [-0.3, -0.25) is 0 Å². The van der Waals surface area contributed by atoms with E-state index in [0.29, 0.717) is 29.2 Å². The first-order chi connectivity index (χ1) is 13.4. The Bertz CT molecular complexity index is 1160. The summed E-state index contributed by atoms with van der Waals surface area (Å²) in [4.78, 5) is 12.8. The summed E-state index contributed by atoms with van der Waals surface area (Å²) < 4.78 is 34.0. The van der Waals surface area contributed by atoms with Gasteiger partial charge in [-0.05, 0) is 31.0 Å². The summed E-state index contributed by atoms with van der Waals surface area (Å²) in [5, 5.41) is 2.05. The molecule has 6 nitrogen and oxygen atoms in total. The van der Waals surface area contributed by atoms with Gasteiger partial charge < -0.3 is 9.30 Å². The molecule has 28 heavy (non-hydrogen) atoms. The lowest BCUT2D eigenvalue weighted by molar-refractivity contribution is 0.0727. The minimum Gasteiger partial charge on any atom is -0.421 e. The standard InChI is InChI=1S/C20H19ClN2O4S/c1-22-13-14(28(25,26)23-10-4-5-11-23)12-18(22)20(24)27-19-9-8-17(21)15-6-2-3-7-16(15)19/h2-3,6-9,12-13H,4-5,10-11H2,1H3. The van der Waals surface area contributed by atoms with Crippen LogP contribution >= 0.6 is 11.6 Å². The summed E-state index contributed by atoms with van der Waals surface area (Å²) in [5.41, 5.74) is 0.164. The van der Waals surface area contributed by atoms with Gasteiger partial charge in [-0.1, -0.05) is 35.9 Å². The molecule has 4 rings (SSSR count). The predicted octanol–water partition coefficient (Wildman–Crippen LogP) is 3.84. The van der Waals surface area contributed by atoms with Crippen LogP contribution in [0.5, 0.6) is 5.75 Å². The Hall–Kier alpha value is -2.35. The van der Waals surface area contributed by atoms with E-state index in [0.717, 1.165) is 18.2 Å². The molecule has 3 aromatic rings.